The molecule has 0 aliphatic carbocycles. The van der Waals surface area contributed by atoms with E-state index in [4.69, 9.17) is 32.9 Å². The minimum absolute atomic E-state index is 0.0659. The molecule has 2 aliphatic heterocycles. The lowest BCUT2D eigenvalue weighted by Crippen LogP contribution is -2.41. The molecule has 16 heteroatoms. The van der Waals surface area contributed by atoms with E-state index >= 15 is 0 Å². The molecule has 1 fully saturated rings. The van der Waals surface area contributed by atoms with Crippen molar-refractivity contribution in [2.45, 2.75) is 46.1 Å². The summed E-state index contributed by atoms with van der Waals surface area (Å²) in [7, 11) is 1.26. The first-order chi connectivity index (χ1) is 31.3. The number of thiophene rings is 1. The number of aromatic nitrogens is 3. The van der Waals surface area contributed by atoms with Gasteiger partial charge in [-0.3, -0.25) is 24.1 Å². The number of amides is 2. The highest BCUT2D eigenvalue weighted by Crippen LogP contribution is 2.40. The predicted octanol–water partition coefficient (Wildman–Crippen LogP) is 9.24. The highest BCUT2D eigenvalue weighted by molar-refractivity contribution is 7.15. The van der Waals surface area contributed by atoms with E-state index in [9.17, 15) is 23.9 Å². The average molecular weight is 931 g/mol. The molecule has 2 aromatic heterocycles. The zero-order chi connectivity index (χ0) is 45.9. The van der Waals surface area contributed by atoms with Crippen molar-refractivity contribution in [2.24, 2.45) is 15.9 Å². The Balaban J connectivity index is 0.960. The molecular weight excluding hydrogens is 889 g/mol. The first kappa shape index (κ1) is 44.9. The predicted molar refractivity (Wildman–Crippen MR) is 251 cm³/mol. The van der Waals surface area contributed by atoms with Gasteiger partial charge in [0.1, 0.15) is 35.0 Å². The number of phenolic OH excluding ortho intramolecular Hbond substituents is 1. The first-order valence-corrected chi connectivity index (χ1v) is 22.3. The molecule has 2 aliphatic rings. The quantitative estimate of drug-likeness (QED) is 0.0834. The molecule has 0 bridgehead atoms. The van der Waals surface area contributed by atoms with Gasteiger partial charge in [-0.2, -0.15) is 0 Å². The van der Waals surface area contributed by atoms with Gasteiger partial charge >= 0.3 is 5.97 Å². The number of benzene rings is 4. The van der Waals surface area contributed by atoms with Crippen LogP contribution >= 0.6 is 34.5 Å². The molecule has 0 spiro atoms. The summed E-state index contributed by atoms with van der Waals surface area (Å²) < 4.78 is 21.3. The molecular formula is C49H42Cl2FN7O5S. The molecule has 1 atom stereocenters. The lowest BCUT2D eigenvalue weighted by Gasteiger charge is -2.32. The standard InChI is InChI=1S/C49H42Cl2FN7O5S/c1-27-28(2)65-48-43(27)45(31-9-13-35(51)14-10-31)55-40(46-57-56-29(3)59(46)48)26-42(61)58-22-19-32(20-23-58)47(62)54-37-16-17-38(49(63)64-4)33(24-37)6-5-21-53-44(30-7-11-34(50)12-8-30)39-25-36(52)15-18-41(39)60/h7-18,24-25,32,40,60H,19-23,26H2,1-4H3,(H,54,62)/t40-/m0/s1. The number of nitrogens with zero attached hydrogens (tertiary/aromatic N) is 6. The van der Waals surface area contributed by atoms with Crippen molar-refractivity contribution in [1.29, 1.82) is 0 Å². The number of halogens is 3. The van der Waals surface area contributed by atoms with Gasteiger partial charge in [0, 0.05) is 67.4 Å². The van der Waals surface area contributed by atoms with E-state index in [0.29, 0.717) is 64.4 Å². The van der Waals surface area contributed by atoms with Gasteiger partial charge in [0.25, 0.3) is 0 Å². The van der Waals surface area contributed by atoms with Gasteiger partial charge in [-0.1, -0.05) is 59.3 Å². The van der Waals surface area contributed by atoms with Crippen LogP contribution in [0.4, 0.5) is 10.1 Å². The number of phenols is 1. The summed E-state index contributed by atoms with van der Waals surface area (Å²) in [5.41, 5.74) is 5.66. The number of methoxy groups -OCH3 is 1. The number of ether oxygens (including phenoxy) is 1. The lowest BCUT2D eigenvalue weighted by molar-refractivity contribution is -0.134. The number of aliphatic imine (C=N–C) groups is 2. The van der Waals surface area contributed by atoms with E-state index in [1.807, 2.05) is 35.8 Å². The fourth-order valence-electron chi connectivity index (χ4n) is 7.97. The molecule has 8 rings (SSSR count). The number of fused-ring (bicyclic) bond motifs is 3. The Morgan fingerprint density at radius 1 is 0.938 bits per heavy atom. The molecule has 12 nitrogen and oxygen atoms in total. The summed E-state index contributed by atoms with van der Waals surface area (Å²) in [4.78, 5) is 53.2. The molecule has 4 aromatic carbocycles. The molecule has 2 amide bonds. The number of nitrogens with one attached hydrogen (secondary N) is 1. The maximum Gasteiger partial charge on any atom is 0.339 e. The second kappa shape index (κ2) is 19.2. The molecule has 1 saturated heterocycles. The van der Waals surface area contributed by atoms with Gasteiger partial charge in [-0.15, -0.1) is 21.5 Å². The number of carbonyl (C=O) groups is 3. The van der Waals surface area contributed by atoms with E-state index in [-0.39, 0.29) is 53.3 Å². The van der Waals surface area contributed by atoms with E-state index < -0.39 is 17.8 Å². The van der Waals surface area contributed by atoms with Crippen LogP contribution in [0.15, 0.2) is 94.9 Å². The van der Waals surface area contributed by atoms with Gasteiger partial charge < -0.3 is 20.1 Å². The van der Waals surface area contributed by atoms with E-state index in [2.05, 4.69) is 46.2 Å². The van der Waals surface area contributed by atoms with Crippen LogP contribution in [0, 0.1) is 44.3 Å². The number of aryl methyl sites for hydroxylation is 2. The SMILES string of the molecule is COC(=O)c1ccc(NC(=O)C2CCN(C(=O)C[C@@H]3N=C(c4ccc(Cl)cc4)c4c(sc(C)c4C)-n4c(C)nnc43)CC2)cc1C#CCN=C(c1ccc(Cl)cc1)c1cc(F)ccc1O. The monoisotopic (exact) mass is 929 g/mol. The number of hydrogen-bond donors (Lipinski definition) is 2. The van der Waals surface area contributed by atoms with Crippen molar-refractivity contribution in [1.82, 2.24) is 19.7 Å². The van der Waals surface area contributed by atoms with Crippen molar-refractivity contribution in [3.63, 3.8) is 0 Å². The van der Waals surface area contributed by atoms with Gasteiger partial charge in [0.2, 0.25) is 11.8 Å². The third kappa shape index (κ3) is 9.59. The largest absolute Gasteiger partial charge is 0.507 e. The van der Waals surface area contributed by atoms with Crippen molar-refractivity contribution in [2.75, 3.05) is 32.1 Å². The van der Waals surface area contributed by atoms with Crippen LogP contribution in [0.25, 0.3) is 5.00 Å². The number of likely N-dealkylation sites (tertiary alicyclic amines) is 1. The molecule has 330 valence electrons. The summed E-state index contributed by atoms with van der Waals surface area (Å²) in [5.74, 6) is 5.16. The second-order valence-electron chi connectivity index (χ2n) is 15.6. The van der Waals surface area contributed by atoms with Crippen molar-refractivity contribution < 1.29 is 28.6 Å². The maximum atomic E-state index is 14.3. The summed E-state index contributed by atoms with van der Waals surface area (Å²) in [6.45, 7) is 6.71. The van der Waals surface area contributed by atoms with Crippen LogP contribution in [0.3, 0.4) is 0 Å². The lowest BCUT2D eigenvalue weighted by atomic mass is 9.95. The minimum Gasteiger partial charge on any atom is -0.507 e. The number of hydrogen-bond acceptors (Lipinski definition) is 10. The average Bonchev–Trinajstić information content (AvgIpc) is 3.79. The maximum absolute atomic E-state index is 14.3. The number of carbonyl (C=O) groups excluding carboxylic acids is 3. The number of piperidine rings is 1. The second-order valence-corrected chi connectivity index (χ2v) is 17.7. The normalized spacial score (nSPS) is 14.9. The van der Waals surface area contributed by atoms with Crippen LogP contribution in [0.2, 0.25) is 10.0 Å². The van der Waals surface area contributed by atoms with Crippen LogP contribution < -0.4 is 5.32 Å². The van der Waals surface area contributed by atoms with Crippen LogP contribution in [0.1, 0.15) is 85.6 Å². The van der Waals surface area contributed by atoms with Gasteiger partial charge in [-0.25, -0.2) is 9.18 Å². The van der Waals surface area contributed by atoms with Gasteiger partial charge in [0.15, 0.2) is 5.82 Å². The topological polar surface area (TPSA) is 151 Å². The van der Waals surface area contributed by atoms with Gasteiger partial charge in [0.05, 0.1) is 30.5 Å². The van der Waals surface area contributed by atoms with E-state index in [1.54, 1.807) is 52.6 Å². The smallest absolute Gasteiger partial charge is 0.339 e. The summed E-state index contributed by atoms with van der Waals surface area (Å²) in [6, 6.07) is 21.9. The Morgan fingerprint density at radius 2 is 1.65 bits per heavy atom. The number of esters is 1. The Bertz CT molecular complexity index is 2960. The summed E-state index contributed by atoms with van der Waals surface area (Å²) >= 11 is 14.0. The number of aromatic hydroxyl groups is 1. The molecule has 0 radical (unpaired) electrons. The number of anilines is 1. The summed E-state index contributed by atoms with van der Waals surface area (Å²) in [6.07, 6.45) is 0.944. The molecule has 2 N–H and O–H groups in total. The zero-order valence-electron chi connectivity index (χ0n) is 35.8. The molecule has 0 unspecified atom stereocenters. The Labute approximate surface area is 388 Å². The molecule has 6 aromatic rings. The fourth-order valence-corrected chi connectivity index (χ4v) is 9.43. The van der Waals surface area contributed by atoms with Crippen LogP contribution in [-0.4, -0.2) is 80.7 Å². The minimum atomic E-state index is -0.619. The Kier molecular flexibility index (Phi) is 13.3. The van der Waals surface area contributed by atoms with E-state index in [1.165, 1.54) is 25.3 Å². The van der Waals surface area contributed by atoms with Crippen LogP contribution in [-0.2, 0) is 14.3 Å². The third-order valence-electron chi connectivity index (χ3n) is 11.5. The fraction of sp³-hybridized carbons (Fsp3) is 0.245. The third-order valence-corrected chi connectivity index (χ3v) is 13.2. The Morgan fingerprint density at radius 3 is 2.35 bits per heavy atom. The van der Waals surface area contributed by atoms with Crippen molar-refractivity contribution in [3.8, 4) is 22.6 Å². The van der Waals surface area contributed by atoms with Crippen LogP contribution in [0.5, 0.6) is 5.75 Å². The Hall–Kier alpha value is -6.66. The highest BCUT2D eigenvalue weighted by atomic mass is 35.5. The molecule has 65 heavy (non-hydrogen) atoms. The van der Waals surface area contributed by atoms with Crippen molar-refractivity contribution in [3.05, 3.63) is 156 Å². The van der Waals surface area contributed by atoms with Crippen molar-refractivity contribution >= 4 is 69.4 Å². The highest BCUT2D eigenvalue weighted by Gasteiger charge is 2.35. The zero-order valence-corrected chi connectivity index (χ0v) is 38.1. The first-order valence-electron chi connectivity index (χ1n) is 20.7. The summed E-state index contributed by atoms with van der Waals surface area (Å²) in [5, 5.41) is 24.5. The van der Waals surface area contributed by atoms with E-state index in [0.717, 1.165) is 38.3 Å². The molecule has 0 saturated carbocycles. The molecule has 4 heterocycles. The number of rotatable bonds is 9. The van der Waals surface area contributed by atoms with Gasteiger partial charge in [-0.05, 0) is 99.8 Å².